The molecule has 5 nitrogen and oxygen atoms in total. The van der Waals surface area contributed by atoms with Gasteiger partial charge in [0.05, 0.1) is 0 Å². The van der Waals surface area contributed by atoms with Crippen LogP contribution in [0.3, 0.4) is 0 Å². The fourth-order valence-corrected chi connectivity index (χ4v) is 0.690. The van der Waals surface area contributed by atoms with E-state index in [-0.39, 0.29) is 0 Å². The lowest BCUT2D eigenvalue weighted by molar-refractivity contribution is -0.133. The van der Waals surface area contributed by atoms with E-state index in [1.165, 1.54) is 14.1 Å². The molecule has 0 saturated carbocycles. The Labute approximate surface area is 60.9 Å². The SMILES string of the molecule is CN(C)C(=O)C(O)[S@](=O)O. The van der Waals surface area contributed by atoms with Crippen LogP contribution >= 0.6 is 0 Å². The molecular formula is C4H9NO4S. The lowest BCUT2D eigenvalue weighted by Crippen LogP contribution is -2.36. The maximum absolute atomic E-state index is 10.6. The second-order valence-electron chi connectivity index (χ2n) is 1.86. The van der Waals surface area contributed by atoms with Gasteiger partial charge >= 0.3 is 0 Å². The van der Waals surface area contributed by atoms with Gasteiger partial charge in [0.15, 0.2) is 11.1 Å². The Morgan fingerprint density at radius 2 is 2.00 bits per heavy atom. The molecule has 0 aromatic heterocycles. The van der Waals surface area contributed by atoms with Gasteiger partial charge in [-0.05, 0) is 0 Å². The maximum Gasteiger partial charge on any atom is 0.266 e. The van der Waals surface area contributed by atoms with E-state index in [4.69, 9.17) is 9.66 Å². The van der Waals surface area contributed by atoms with Gasteiger partial charge in [0, 0.05) is 14.1 Å². The predicted octanol–water partition coefficient (Wildman–Crippen LogP) is -1.39. The van der Waals surface area contributed by atoms with Crippen molar-refractivity contribution in [2.45, 2.75) is 5.44 Å². The second-order valence-corrected chi connectivity index (χ2v) is 2.86. The molecule has 0 spiro atoms. The first-order chi connectivity index (χ1) is 4.46. The molecule has 10 heavy (non-hydrogen) atoms. The molecule has 0 aliphatic rings. The number of hydrogen-bond donors (Lipinski definition) is 2. The first-order valence-electron chi connectivity index (χ1n) is 2.45. The molecule has 0 aliphatic heterocycles. The minimum absolute atomic E-state index is 0.777. The summed E-state index contributed by atoms with van der Waals surface area (Å²) in [4.78, 5) is 11.6. The summed E-state index contributed by atoms with van der Waals surface area (Å²) in [7, 11) is 2.77. The van der Waals surface area contributed by atoms with Gasteiger partial charge in [-0.3, -0.25) is 4.79 Å². The summed E-state index contributed by atoms with van der Waals surface area (Å²) in [5.41, 5.74) is -1.82. The van der Waals surface area contributed by atoms with Crippen LogP contribution in [0.5, 0.6) is 0 Å². The van der Waals surface area contributed by atoms with Crippen molar-refractivity contribution in [2.24, 2.45) is 0 Å². The zero-order chi connectivity index (χ0) is 8.31. The number of amides is 1. The summed E-state index contributed by atoms with van der Waals surface area (Å²) >= 11 is -2.50. The number of rotatable bonds is 2. The number of likely N-dealkylation sites (N-methyl/N-ethyl adjacent to an activating group) is 1. The molecule has 0 saturated heterocycles. The first-order valence-corrected chi connectivity index (χ1v) is 3.62. The molecule has 2 atom stereocenters. The zero-order valence-electron chi connectivity index (χ0n) is 5.64. The number of nitrogens with zero attached hydrogens (tertiary/aromatic N) is 1. The third-order valence-corrected chi connectivity index (χ3v) is 1.43. The highest BCUT2D eigenvalue weighted by molar-refractivity contribution is 7.80. The second kappa shape index (κ2) is 3.65. The molecule has 2 N–H and O–H groups in total. The van der Waals surface area contributed by atoms with Crippen molar-refractivity contribution in [3.05, 3.63) is 0 Å². The van der Waals surface area contributed by atoms with E-state index < -0.39 is 22.4 Å². The summed E-state index contributed by atoms with van der Waals surface area (Å²) in [6.07, 6.45) is 0. The normalized spacial score (nSPS) is 16.0. The summed E-state index contributed by atoms with van der Waals surface area (Å²) in [6.45, 7) is 0. The van der Waals surface area contributed by atoms with Gasteiger partial charge in [0.25, 0.3) is 5.91 Å². The molecule has 1 unspecified atom stereocenters. The molecule has 6 heteroatoms. The van der Waals surface area contributed by atoms with E-state index in [0.29, 0.717) is 0 Å². The summed E-state index contributed by atoms with van der Waals surface area (Å²) in [5, 5.41) is 8.62. The highest BCUT2D eigenvalue weighted by atomic mass is 32.2. The summed E-state index contributed by atoms with van der Waals surface area (Å²) < 4.78 is 18.3. The Hall–Kier alpha value is -0.460. The van der Waals surface area contributed by atoms with Crippen molar-refractivity contribution >= 4 is 17.0 Å². The monoisotopic (exact) mass is 167 g/mol. The van der Waals surface area contributed by atoms with Crippen LogP contribution in [0.25, 0.3) is 0 Å². The third kappa shape index (κ3) is 2.42. The Kier molecular flexibility index (Phi) is 3.48. The Morgan fingerprint density at radius 1 is 1.60 bits per heavy atom. The van der Waals surface area contributed by atoms with E-state index >= 15 is 0 Å². The molecule has 0 rings (SSSR count). The number of aliphatic hydroxyl groups is 1. The highest BCUT2D eigenvalue weighted by Crippen LogP contribution is 1.92. The number of carbonyl (C=O) groups excluding carboxylic acids is 1. The van der Waals surface area contributed by atoms with Gasteiger partial charge in [-0.25, -0.2) is 4.21 Å². The largest absolute Gasteiger partial charge is 0.370 e. The Morgan fingerprint density at radius 3 is 2.10 bits per heavy atom. The summed E-state index contributed by atoms with van der Waals surface area (Å²) in [6, 6.07) is 0. The molecular weight excluding hydrogens is 158 g/mol. The number of carbonyl (C=O) groups is 1. The van der Waals surface area contributed by atoms with Crippen LogP contribution in [0.2, 0.25) is 0 Å². The predicted molar refractivity (Wildman–Crippen MR) is 35.5 cm³/mol. The molecule has 0 fully saturated rings. The van der Waals surface area contributed by atoms with Gasteiger partial charge in [-0.2, -0.15) is 0 Å². The maximum atomic E-state index is 10.6. The van der Waals surface area contributed by atoms with Crippen LogP contribution in [0.4, 0.5) is 0 Å². The van der Waals surface area contributed by atoms with Gasteiger partial charge in [-0.1, -0.05) is 0 Å². The first kappa shape index (κ1) is 9.54. The van der Waals surface area contributed by atoms with Crippen molar-refractivity contribution in [3.8, 4) is 0 Å². The Balaban J connectivity index is 4.08. The quantitative estimate of drug-likeness (QED) is 0.497. The van der Waals surface area contributed by atoms with Crippen molar-refractivity contribution < 1.29 is 18.7 Å². The van der Waals surface area contributed by atoms with Gasteiger partial charge < -0.3 is 14.6 Å². The van der Waals surface area contributed by atoms with Crippen LogP contribution in [0.1, 0.15) is 0 Å². The Bertz CT molecular complexity index is 157. The van der Waals surface area contributed by atoms with Crippen LogP contribution in [-0.2, 0) is 15.9 Å². The van der Waals surface area contributed by atoms with Gasteiger partial charge in [0.1, 0.15) is 0 Å². The van der Waals surface area contributed by atoms with Crippen LogP contribution in [-0.4, -0.2) is 44.2 Å². The van der Waals surface area contributed by atoms with E-state index in [1.54, 1.807) is 0 Å². The molecule has 0 bridgehead atoms. The van der Waals surface area contributed by atoms with Crippen LogP contribution in [0, 0.1) is 0 Å². The van der Waals surface area contributed by atoms with E-state index in [9.17, 15) is 9.00 Å². The van der Waals surface area contributed by atoms with E-state index in [1.807, 2.05) is 0 Å². The molecule has 0 aliphatic carbocycles. The van der Waals surface area contributed by atoms with Crippen molar-refractivity contribution in [3.63, 3.8) is 0 Å². The lowest BCUT2D eigenvalue weighted by Gasteiger charge is -2.11. The van der Waals surface area contributed by atoms with Crippen molar-refractivity contribution in [2.75, 3.05) is 14.1 Å². The molecule has 1 amide bonds. The number of hydrogen-bond acceptors (Lipinski definition) is 3. The van der Waals surface area contributed by atoms with Crippen LogP contribution in [0.15, 0.2) is 0 Å². The molecule has 0 aromatic rings. The molecule has 60 valence electrons. The van der Waals surface area contributed by atoms with Crippen molar-refractivity contribution in [1.82, 2.24) is 4.90 Å². The van der Waals surface area contributed by atoms with Gasteiger partial charge in [-0.15, -0.1) is 0 Å². The topological polar surface area (TPSA) is 77.8 Å². The average molecular weight is 167 g/mol. The lowest BCUT2D eigenvalue weighted by atomic mass is 10.6. The minimum Gasteiger partial charge on any atom is -0.370 e. The molecule has 0 heterocycles. The smallest absolute Gasteiger partial charge is 0.266 e. The van der Waals surface area contributed by atoms with Gasteiger partial charge in [0.2, 0.25) is 5.44 Å². The fourth-order valence-electron chi connectivity index (χ4n) is 0.307. The zero-order valence-corrected chi connectivity index (χ0v) is 6.46. The van der Waals surface area contributed by atoms with Crippen LogP contribution < -0.4 is 0 Å². The highest BCUT2D eigenvalue weighted by Gasteiger charge is 2.21. The standard InChI is InChI=1S/C4H9NO4S/c1-5(2)3(6)4(7)10(8)9/h4,7H,1-2H3,(H,8,9). The molecule has 0 radical (unpaired) electrons. The minimum atomic E-state index is -2.50. The van der Waals surface area contributed by atoms with E-state index in [0.717, 1.165) is 4.90 Å². The molecule has 0 aromatic carbocycles. The van der Waals surface area contributed by atoms with E-state index in [2.05, 4.69) is 0 Å². The number of aliphatic hydroxyl groups excluding tert-OH is 1. The third-order valence-electron chi connectivity index (χ3n) is 0.843. The van der Waals surface area contributed by atoms with Crippen molar-refractivity contribution in [1.29, 1.82) is 0 Å². The summed E-state index contributed by atoms with van der Waals surface area (Å²) in [5.74, 6) is -0.777. The average Bonchev–Trinajstić information content (AvgIpc) is 1.84. The fraction of sp³-hybridized carbons (Fsp3) is 0.750.